The lowest BCUT2D eigenvalue weighted by atomic mass is 10.2. The summed E-state index contributed by atoms with van der Waals surface area (Å²) in [5.41, 5.74) is 0. The van der Waals surface area contributed by atoms with E-state index in [-0.39, 0.29) is 24.8 Å². The second kappa shape index (κ2) is 6.67. The van der Waals surface area contributed by atoms with Gasteiger partial charge in [-0.25, -0.2) is 4.98 Å². The predicted molar refractivity (Wildman–Crippen MR) is 61.3 cm³/mol. The smallest absolute Gasteiger partial charge is 0.303 e. The number of rotatable bonds is 7. The van der Waals surface area contributed by atoms with Crippen molar-refractivity contribution < 1.29 is 14.7 Å². The van der Waals surface area contributed by atoms with Crippen LogP contribution in [0.1, 0.15) is 26.2 Å². The number of nitrogens with zero attached hydrogens (tertiary/aromatic N) is 2. The maximum Gasteiger partial charge on any atom is 0.303 e. The average molecular weight is 239 g/mol. The summed E-state index contributed by atoms with van der Waals surface area (Å²) in [7, 11) is 0. The molecule has 0 aliphatic rings. The second-order valence-corrected chi connectivity index (χ2v) is 3.98. The molecule has 0 spiro atoms. The van der Waals surface area contributed by atoms with Gasteiger partial charge >= 0.3 is 5.97 Å². The van der Waals surface area contributed by atoms with E-state index in [0.29, 0.717) is 13.0 Å². The lowest BCUT2D eigenvalue weighted by Gasteiger charge is -2.14. The fourth-order valence-corrected chi connectivity index (χ4v) is 1.50. The number of aliphatic carboxylic acids is 1. The lowest BCUT2D eigenvalue weighted by molar-refractivity contribution is -0.137. The molecule has 2 N–H and O–H groups in total. The van der Waals surface area contributed by atoms with E-state index in [1.807, 2.05) is 17.7 Å². The number of hydrogen-bond donors (Lipinski definition) is 2. The first-order valence-electron chi connectivity index (χ1n) is 5.55. The molecule has 1 amide bonds. The molecule has 6 heteroatoms. The predicted octanol–water partition coefficient (Wildman–Crippen LogP) is 0.643. The average Bonchev–Trinajstić information content (AvgIpc) is 2.69. The van der Waals surface area contributed by atoms with E-state index in [1.165, 1.54) is 0 Å². The van der Waals surface area contributed by atoms with Crippen molar-refractivity contribution >= 4 is 11.9 Å². The van der Waals surface area contributed by atoms with Gasteiger partial charge in [0.05, 0.1) is 6.33 Å². The van der Waals surface area contributed by atoms with Crippen molar-refractivity contribution in [1.29, 1.82) is 0 Å². The Morgan fingerprint density at radius 3 is 2.82 bits per heavy atom. The molecule has 1 aromatic heterocycles. The van der Waals surface area contributed by atoms with Gasteiger partial charge in [-0.1, -0.05) is 0 Å². The van der Waals surface area contributed by atoms with E-state index in [4.69, 9.17) is 5.11 Å². The molecular formula is C11H17N3O3. The van der Waals surface area contributed by atoms with Crippen molar-refractivity contribution in [3.05, 3.63) is 18.7 Å². The van der Waals surface area contributed by atoms with E-state index in [9.17, 15) is 9.59 Å². The highest BCUT2D eigenvalue weighted by Crippen LogP contribution is 1.97. The third-order valence-electron chi connectivity index (χ3n) is 2.25. The van der Waals surface area contributed by atoms with Gasteiger partial charge in [0.15, 0.2) is 0 Å². The van der Waals surface area contributed by atoms with Gasteiger partial charge in [-0.3, -0.25) is 9.59 Å². The first-order valence-corrected chi connectivity index (χ1v) is 5.55. The summed E-state index contributed by atoms with van der Waals surface area (Å²) >= 11 is 0. The van der Waals surface area contributed by atoms with E-state index < -0.39 is 5.97 Å². The van der Waals surface area contributed by atoms with Crippen LogP contribution in [0.25, 0.3) is 0 Å². The van der Waals surface area contributed by atoms with Crippen LogP contribution < -0.4 is 5.32 Å². The van der Waals surface area contributed by atoms with Gasteiger partial charge in [-0.2, -0.15) is 0 Å². The largest absolute Gasteiger partial charge is 0.481 e. The first kappa shape index (κ1) is 13.2. The van der Waals surface area contributed by atoms with Crippen LogP contribution in [0, 0.1) is 0 Å². The lowest BCUT2D eigenvalue weighted by Crippen LogP contribution is -2.35. The fraction of sp³-hybridized carbons (Fsp3) is 0.545. The Morgan fingerprint density at radius 1 is 1.47 bits per heavy atom. The van der Waals surface area contributed by atoms with Crippen molar-refractivity contribution in [2.24, 2.45) is 0 Å². The zero-order valence-electron chi connectivity index (χ0n) is 9.80. The summed E-state index contributed by atoms with van der Waals surface area (Å²) in [4.78, 5) is 25.6. The molecule has 1 rings (SSSR count). The molecule has 17 heavy (non-hydrogen) atoms. The van der Waals surface area contributed by atoms with Crippen LogP contribution in [-0.4, -0.2) is 32.6 Å². The molecule has 1 unspecified atom stereocenters. The minimum absolute atomic E-state index is 0.00141. The highest BCUT2D eigenvalue weighted by Gasteiger charge is 2.08. The molecule has 0 aromatic carbocycles. The minimum atomic E-state index is -0.871. The van der Waals surface area contributed by atoms with Gasteiger partial charge in [0.25, 0.3) is 0 Å². The van der Waals surface area contributed by atoms with Crippen LogP contribution in [-0.2, 0) is 16.1 Å². The number of carboxylic acid groups (broad SMARTS) is 1. The molecule has 0 aliphatic heterocycles. The molecule has 0 aliphatic carbocycles. The highest BCUT2D eigenvalue weighted by molar-refractivity contribution is 5.76. The Labute approximate surface area is 99.7 Å². The number of hydrogen-bond acceptors (Lipinski definition) is 3. The summed E-state index contributed by atoms with van der Waals surface area (Å²) in [5, 5.41) is 11.2. The SMILES string of the molecule is CC(Cn1ccnc1)NC(=O)CCCC(=O)O. The summed E-state index contributed by atoms with van der Waals surface area (Å²) < 4.78 is 1.88. The Balaban J connectivity index is 2.19. The normalized spacial score (nSPS) is 12.1. The maximum atomic E-state index is 11.4. The summed E-state index contributed by atoms with van der Waals surface area (Å²) in [6, 6.07) is 0.00141. The Bertz CT molecular complexity index is 362. The van der Waals surface area contributed by atoms with Gasteiger partial charge in [0.2, 0.25) is 5.91 Å². The summed E-state index contributed by atoms with van der Waals surface area (Å²) in [5.74, 6) is -0.983. The van der Waals surface area contributed by atoms with Crippen molar-refractivity contribution in [2.45, 2.75) is 38.8 Å². The van der Waals surface area contributed by atoms with Crippen molar-refractivity contribution in [2.75, 3.05) is 0 Å². The molecule has 1 aromatic rings. The summed E-state index contributed by atoms with van der Waals surface area (Å²) in [6.45, 7) is 2.56. The van der Waals surface area contributed by atoms with Crippen LogP contribution in [0.4, 0.5) is 0 Å². The van der Waals surface area contributed by atoms with Crippen molar-refractivity contribution in [3.63, 3.8) is 0 Å². The van der Waals surface area contributed by atoms with Crippen LogP contribution in [0.5, 0.6) is 0 Å². The van der Waals surface area contributed by atoms with Crippen molar-refractivity contribution in [1.82, 2.24) is 14.9 Å². The molecule has 1 atom stereocenters. The van der Waals surface area contributed by atoms with E-state index >= 15 is 0 Å². The van der Waals surface area contributed by atoms with Crippen LogP contribution in [0.15, 0.2) is 18.7 Å². The maximum absolute atomic E-state index is 11.4. The summed E-state index contributed by atoms with van der Waals surface area (Å²) in [6.07, 6.45) is 5.85. The Morgan fingerprint density at radius 2 is 2.24 bits per heavy atom. The fourth-order valence-electron chi connectivity index (χ4n) is 1.50. The Hall–Kier alpha value is -1.85. The molecule has 0 saturated carbocycles. The van der Waals surface area contributed by atoms with E-state index in [2.05, 4.69) is 10.3 Å². The van der Waals surface area contributed by atoms with Gasteiger partial charge in [-0.15, -0.1) is 0 Å². The molecule has 0 bridgehead atoms. The zero-order chi connectivity index (χ0) is 12.7. The van der Waals surface area contributed by atoms with Crippen LogP contribution in [0.2, 0.25) is 0 Å². The molecule has 0 fully saturated rings. The molecule has 0 saturated heterocycles. The number of amides is 1. The first-order chi connectivity index (χ1) is 8.08. The number of nitrogens with one attached hydrogen (secondary N) is 1. The molecule has 94 valence electrons. The third kappa shape index (κ3) is 5.70. The van der Waals surface area contributed by atoms with Gasteiger partial charge in [0.1, 0.15) is 0 Å². The van der Waals surface area contributed by atoms with E-state index in [1.54, 1.807) is 12.5 Å². The second-order valence-electron chi connectivity index (χ2n) is 3.98. The standard InChI is InChI=1S/C11H17N3O3/c1-9(7-14-6-5-12-8-14)13-10(15)3-2-4-11(16)17/h5-6,8-9H,2-4,7H2,1H3,(H,13,15)(H,16,17). The van der Waals surface area contributed by atoms with Gasteiger partial charge < -0.3 is 15.0 Å². The number of aromatic nitrogens is 2. The molecule has 6 nitrogen and oxygen atoms in total. The topological polar surface area (TPSA) is 84.2 Å². The third-order valence-corrected chi connectivity index (χ3v) is 2.25. The quantitative estimate of drug-likeness (QED) is 0.731. The van der Waals surface area contributed by atoms with E-state index in [0.717, 1.165) is 0 Å². The van der Waals surface area contributed by atoms with Crippen LogP contribution in [0.3, 0.4) is 0 Å². The number of carboxylic acids is 1. The zero-order valence-corrected chi connectivity index (χ0v) is 9.80. The highest BCUT2D eigenvalue weighted by atomic mass is 16.4. The van der Waals surface area contributed by atoms with Crippen LogP contribution >= 0.6 is 0 Å². The number of carbonyl (C=O) groups excluding carboxylic acids is 1. The minimum Gasteiger partial charge on any atom is -0.481 e. The number of carbonyl (C=O) groups is 2. The number of imidazole rings is 1. The molecule has 0 radical (unpaired) electrons. The molecule has 1 heterocycles. The Kier molecular flexibility index (Phi) is 5.19. The monoisotopic (exact) mass is 239 g/mol. The van der Waals surface area contributed by atoms with Gasteiger partial charge in [0, 0.05) is 37.8 Å². The molecular weight excluding hydrogens is 222 g/mol. The van der Waals surface area contributed by atoms with Crippen molar-refractivity contribution in [3.8, 4) is 0 Å². The van der Waals surface area contributed by atoms with Gasteiger partial charge in [-0.05, 0) is 13.3 Å².